The molecular formula is C19H30N2. The second kappa shape index (κ2) is 7.42. The molecule has 2 aliphatic rings. The molecule has 0 spiro atoms. The molecule has 116 valence electrons. The highest BCUT2D eigenvalue weighted by atomic mass is 15.1. The van der Waals surface area contributed by atoms with E-state index in [1.165, 1.54) is 70.3 Å². The molecule has 0 radical (unpaired) electrons. The molecule has 1 atom stereocenters. The van der Waals surface area contributed by atoms with Gasteiger partial charge in [-0.05, 0) is 94.7 Å². The Labute approximate surface area is 129 Å². The third-order valence-corrected chi connectivity index (χ3v) is 5.39. The summed E-state index contributed by atoms with van der Waals surface area (Å²) in [6, 6.07) is 9.61. The van der Waals surface area contributed by atoms with Crippen LogP contribution in [-0.4, -0.2) is 38.1 Å². The minimum Gasteiger partial charge on any atom is -0.317 e. The van der Waals surface area contributed by atoms with Crippen LogP contribution in [0.3, 0.4) is 0 Å². The van der Waals surface area contributed by atoms with Crippen molar-refractivity contribution < 1.29 is 0 Å². The average molecular weight is 286 g/mol. The maximum absolute atomic E-state index is 3.46. The van der Waals surface area contributed by atoms with Crippen molar-refractivity contribution in [2.75, 3.05) is 33.2 Å². The van der Waals surface area contributed by atoms with E-state index in [9.17, 15) is 0 Å². The predicted molar refractivity (Wildman–Crippen MR) is 89.8 cm³/mol. The Balaban J connectivity index is 1.58. The first-order valence-electron chi connectivity index (χ1n) is 8.79. The van der Waals surface area contributed by atoms with Crippen LogP contribution in [0.5, 0.6) is 0 Å². The van der Waals surface area contributed by atoms with Gasteiger partial charge < -0.3 is 10.2 Å². The number of benzene rings is 1. The second-order valence-corrected chi connectivity index (χ2v) is 7.07. The SMILES string of the molecule is CN1CCCC(c2ccc(CC3CCNCC3)cc2)CC1. The first-order valence-corrected chi connectivity index (χ1v) is 8.79. The quantitative estimate of drug-likeness (QED) is 0.916. The molecule has 0 bridgehead atoms. The molecule has 2 saturated heterocycles. The zero-order chi connectivity index (χ0) is 14.5. The molecule has 1 unspecified atom stereocenters. The average Bonchev–Trinajstić information content (AvgIpc) is 2.74. The number of hydrogen-bond donors (Lipinski definition) is 1. The van der Waals surface area contributed by atoms with Crippen LogP contribution in [0.15, 0.2) is 24.3 Å². The zero-order valence-electron chi connectivity index (χ0n) is 13.5. The molecule has 0 amide bonds. The number of rotatable bonds is 3. The van der Waals surface area contributed by atoms with Gasteiger partial charge in [-0.25, -0.2) is 0 Å². The third-order valence-electron chi connectivity index (χ3n) is 5.39. The van der Waals surface area contributed by atoms with Gasteiger partial charge in [-0.2, -0.15) is 0 Å². The summed E-state index contributed by atoms with van der Waals surface area (Å²) in [6.45, 7) is 4.93. The smallest absolute Gasteiger partial charge is 0.00160 e. The Morgan fingerprint density at radius 1 is 1.00 bits per heavy atom. The van der Waals surface area contributed by atoms with Gasteiger partial charge in [-0.1, -0.05) is 24.3 Å². The highest BCUT2D eigenvalue weighted by Crippen LogP contribution is 2.28. The second-order valence-electron chi connectivity index (χ2n) is 7.07. The molecule has 0 saturated carbocycles. The molecule has 0 aromatic heterocycles. The molecule has 2 fully saturated rings. The van der Waals surface area contributed by atoms with Crippen molar-refractivity contribution in [2.45, 2.75) is 44.4 Å². The molecular weight excluding hydrogens is 256 g/mol. The lowest BCUT2D eigenvalue weighted by molar-refractivity contribution is 0.347. The monoisotopic (exact) mass is 286 g/mol. The zero-order valence-corrected chi connectivity index (χ0v) is 13.5. The van der Waals surface area contributed by atoms with Crippen molar-refractivity contribution in [2.24, 2.45) is 5.92 Å². The highest BCUT2D eigenvalue weighted by molar-refractivity contribution is 5.26. The van der Waals surface area contributed by atoms with E-state index in [-0.39, 0.29) is 0 Å². The van der Waals surface area contributed by atoms with Gasteiger partial charge in [0.15, 0.2) is 0 Å². The summed E-state index contributed by atoms with van der Waals surface area (Å²) in [7, 11) is 2.25. The lowest BCUT2D eigenvalue weighted by Crippen LogP contribution is -2.28. The standard InChI is InChI=1S/C19H30N2/c1-21-13-2-3-18(10-14-21)19-6-4-16(5-7-19)15-17-8-11-20-12-9-17/h4-7,17-18,20H,2-3,8-15H2,1H3. The summed E-state index contributed by atoms with van der Waals surface area (Å²) in [4.78, 5) is 2.48. The summed E-state index contributed by atoms with van der Waals surface area (Å²) < 4.78 is 0. The maximum Gasteiger partial charge on any atom is -0.00160 e. The van der Waals surface area contributed by atoms with Crippen LogP contribution in [0.25, 0.3) is 0 Å². The van der Waals surface area contributed by atoms with Crippen molar-refractivity contribution in [3.8, 4) is 0 Å². The Bertz CT molecular complexity index is 420. The van der Waals surface area contributed by atoms with Gasteiger partial charge in [0.2, 0.25) is 0 Å². The maximum atomic E-state index is 3.46. The Hall–Kier alpha value is -0.860. The fraction of sp³-hybridized carbons (Fsp3) is 0.684. The summed E-state index contributed by atoms with van der Waals surface area (Å²) in [5, 5.41) is 3.46. The van der Waals surface area contributed by atoms with Crippen LogP contribution in [-0.2, 0) is 6.42 Å². The molecule has 21 heavy (non-hydrogen) atoms. The number of likely N-dealkylation sites (tertiary alicyclic amines) is 1. The largest absolute Gasteiger partial charge is 0.317 e. The fourth-order valence-electron chi connectivity index (χ4n) is 3.92. The van der Waals surface area contributed by atoms with Gasteiger partial charge in [0.1, 0.15) is 0 Å². The third kappa shape index (κ3) is 4.31. The van der Waals surface area contributed by atoms with Crippen LogP contribution in [0, 0.1) is 5.92 Å². The van der Waals surface area contributed by atoms with E-state index in [4.69, 9.17) is 0 Å². The lowest BCUT2D eigenvalue weighted by Gasteiger charge is -2.23. The van der Waals surface area contributed by atoms with E-state index in [0.717, 1.165) is 11.8 Å². The topological polar surface area (TPSA) is 15.3 Å². The number of piperidine rings is 1. The van der Waals surface area contributed by atoms with Crippen LogP contribution in [0.4, 0.5) is 0 Å². The highest BCUT2D eigenvalue weighted by Gasteiger charge is 2.17. The summed E-state index contributed by atoms with van der Waals surface area (Å²) in [6.07, 6.45) is 7.99. The van der Waals surface area contributed by atoms with E-state index in [1.54, 1.807) is 5.56 Å². The molecule has 1 N–H and O–H groups in total. The van der Waals surface area contributed by atoms with Gasteiger partial charge in [0.05, 0.1) is 0 Å². The molecule has 1 aromatic rings. The first kappa shape index (κ1) is 15.1. The van der Waals surface area contributed by atoms with Gasteiger partial charge in [-0.15, -0.1) is 0 Å². The number of nitrogens with zero attached hydrogens (tertiary/aromatic N) is 1. The normalized spacial score (nSPS) is 25.7. The molecule has 2 heterocycles. The fourth-order valence-corrected chi connectivity index (χ4v) is 3.92. The van der Waals surface area contributed by atoms with E-state index >= 15 is 0 Å². The van der Waals surface area contributed by atoms with Crippen LogP contribution in [0.2, 0.25) is 0 Å². The molecule has 2 nitrogen and oxygen atoms in total. The van der Waals surface area contributed by atoms with Gasteiger partial charge in [0.25, 0.3) is 0 Å². The van der Waals surface area contributed by atoms with Crippen molar-refractivity contribution in [3.05, 3.63) is 35.4 Å². The van der Waals surface area contributed by atoms with E-state index in [2.05, 4.69) is 41.5 Å². The molecule has 2 aliphatic heterocycles. The van der Waals surface area contributed by atoms with Crippen LogP contribution < -0.4 is 5.32 Å². The summed E-state index contributed by atoms with van der Waals surface area (Å²) in [5.74, 6) is 1.67. The van der Waals surface area contributed by atoms with Crippen molar-refractivity contribution >= 4 is 0 Å². The molecule has 3 rings (SSSR count). The number of hydrogen-bond acceptors (Lipinski definition) is 2. The summed E-state index contributed by atoms with van der Waals surface area (Å²) in [5.41, 5.74) is 3.11. The van der Waals surface area contributed by atoms with E-state index in [0.29, 0.717) is 0 Å². The number of nitrogens with one attached hydrogen (secondary N) is 1. The van der Waals surface area contributed by atoms with Crippen molar-refractivity contribution in [3.63, 3.8) is 0 Å². The van der Waals surface area contributed by atoms with Gasteiger partial charge in [-0.3, -0.25) is 0 Å². The van der Waals surface area contributed by atoms with Gasteiger partial charge >= 0.3 is 0 Å². The minimum atomic E-state index is 0.780. The molecule has 1 aromatic carbocycles. The Kier molecular flexibility index (Phi) is 5.32. The van der Waals surface area contributed by atoms with Crippen molar-refractivity contribution in [1.29, 1.82) is 0 Å². The van der Waals surface area contributed by atoms with Crippen LogP contribution in [0.1, 0.15) is 49.1 Å². The Morgan fingerprint density at radius 3 is 2.52 bits per heavy atom. The van der Waals surface area contributed by atoms with E-state index < -0.39 is 0 Å². The van der Waals surface area contributed by atoms with Crippen molar-refractivity contribution in [1.82, 2.24) is 10.2 Å². The predicted octanol–water partition coefficient (Wildman–Crippen LogP) is 3.43. The Morgan fingerprint density at radius 2 is 1.76 bits per heavy atom. The molecule has 0 aliphatic carbocycles. The first-order chi connectivity index (χ1) is 10.3. The van der Waals surface area contributed by atoms with Crippen LogP contribution >= 0.6 is 0 Å². The van der Waals surface area contributed by atoms with E-state index in [1.807, 2.05) is 0 Å². The van der Waals surface area contributed by atoms with Gasteiger partial charge in [0, 0.05) is 0 Å². The molecule has 2 heteroatoms. The minimum absolute atomic E-state index is 0.780. The summed E-state index contributed by atoms with van der Waals surface area (Å²) >= 11 is 0. The lowest BCUT2D eigenvalue weighted by atomic mass is 9.88.